The summed E-state index contributed by atoms with van der Waals surface area (Å²) < 4.78 is 36.9. The first-order valence-corrected chi connectivity index (χ1v) is 11.1. The number of aryl methyl sites for hydroxylation is 1. The third-order valence-electron chi connectivity index (χ3n) is 7.26. The van der Waals surface area contributed by atoms with Crippen LogP contribution in [-0.2, 0) is 16.6 Å². The molecule has 1 aliphatic carbocycles. The molecule has 176 valence electrons. The van der Waals surface area contributed by atoms with Gasteiger partial charge in [0.05, 0.1) is 18.4 Å². The van der Waals surface area contributed by atoms with E-state index < -0.39 is 17.7 Å². The van der Waals surface area contributed by atoms with Gasteiger partial charge in [-0.05, 0) is 42.0 Å². The number of rotatable bonds is 3. The number of terminal acetylenes is 1. The van der Waals surface area contributed by atoms with Crippen molar-refractivity contribution >= 4 is 27.6 Å². The second-order valence-electron chi connectivity index (χ2n) is 9.03. The Balaban J connectivity index is 1.52. The van der Waals surface area contributed by atoms with E-state index in [0.717, 1.165) is 0 Å². The number of pyridine rings is 1. The van der Waals surface area contributed by atoms with Crippen LogP contribution < -0.4 is 5.32 Å². The maximum absolute atomic E-state index is 16.0. The standard InChI is InChI=1S/C26H20F2N4O3/c1-4-13-17(27)6-5-11-7-12(33)8-14(18(11)13)23-21(28)25-16(10-29-23)22(31-32(25)2)19-15-9-30-24(20(15)19)26(34)35-3/h1,5-8,10,15,19-20,24,30,33H,9H2,2-3H3/t15-,19-,20-,24?/m0/s1. The smallest absolute Gasteiger partial charge is 0.323 e. The molecule has 2 N–H and O–H groups in total. The van der Waals surface area contributed by atoms with Gasteiger partial charge in [-0.1, -0.05) is 12.0 Å². The van der Waals surface area contributed by atoms with Crippen molar-refractivity contribution in [2.24, 2.45) is 18.9 Å². The Labute approximate surface area is 198 Å². The van der Waals surface area contributed by atoms with Gasteiger partial charge in [0, 0.05) is 35.5 Å². The molecular weight excluding hydrogens is 454 g/mol. The molecule has 2 aromatic heterocycles. The highest BCUT2D eigenvalue weighted by Crippen LogP contribution is 2.59. The molecule has 0 bridgehead atoms. The molecule has 1 unspecified atom stereocenters. The fourth-order valence-electron chi connectivity index (χ4n) is 5.70. The number of aromatic nitrogens is 3. The molecule has 2 fully saturated rings. The number of carbonyl (C=O) groups is 1. The van der Waals surface area contributed by atoms with E-state index in [0.29, 0.717) is 28.4 Å². The van der Waals surface area contributed by atoms with Crippen LogP contribution in [0.3, 0.4) is 0 Å². The van der Waals surface area contributed by atoms with Gasteiger partial charge < -0.3 is 15.2 Å². The van der Waals surface area contributed by atoms with E-state index in [1.54, 1.807) is 7.05 Å². The lowest BCUT2D eigenvalue weighted by Gasteiger charge is -2.13. The van der Waals surface area contributed by atoms with Crippen molar-refractivity contribution in [3.63, 3.8) is 0 Å². The van der Waals surface area contributed by atoms with Crippen molar-refractivity contribution in [3.05, 3.63) is 53.4 Å². The van der Waals surface area contributed by atoms with Gasteiger partial charge in [-0.3, -0.25) is 14.5 Å². The summed E-state index contributed by atoms with van der Waals surface area (Å²) in [6.07, 6.45) is 7.10. The number of nitrogens with one attached hydrogen (secondary N) is 1. The van der Waals surface area contributed by atoms with Crippen LogP contribution in [0.5, 0.6) is 5.75 Å². The summed E-state index contributed by atoms with van der Waals surface area (Å²) in [5, 5.41) is 19.3. The molecule has 3 heterocycles. The predicted octanol–water partition coefficient (Wildman–Crippen LogP) is 3.23. The number of esters is 1. The number of benzene rings is 2. The number of aromatic hydroxyl groups is 1. The molecule has 0 spiro atoms. The van der Waals surface area contributed by atoms with E-state index in [9.17, 15) is 14.3 Å². The Morgan fingerprint density at radius 3 is 2.89 bits per heavy atom. The first-order chi connectivity index (χ1) is 16.8. The number of piperidine rings is 1. The SMILES string of the molecule is C#Cc1c(F)ccc2cc(O)cc(-c3ncc4c([C@H]5[C@@H]6CNC(C(=O)OC)[C@@H]65)nn(C)c4c3F)c12. The molecule has 1 aliphatic heterocycles. The van der Waals surface area contributed by atoms with E-state index >= 15 is 4.39 Å². The van der Waals surface area contributed by atoms with Gasteiger partial charge >= 0.3 is 5.97 Å². The molecule has 4 aromatic rings. The largest absolute Gasteiger partial charge is 0.508 e. The van der Waals surface area contributed by atoms with Crippen LogP contribution in [0.1, 0.15) is 17.2 Å². The van der Waals surface area contributed by atoms with Crippen molar-refractivity contribution < 1.29 is 23.4 Å². The molecule has 0 radical (unpaired) electrons. The number of hydrogen-bond donors (Lipinski definition) is 2. The highest BCUT2D eigenvalue weighted by atomic mass is 19.1. The van der Waals surface area contributed by atoms with E-state index in [1.165, 1.54) is 42.3 Å². The second-order valence-corrected chi connectivity index (χ2v) is 9.03. The van der Waals surface area contributed by atoms with Gasteiger partial charge in [0.25, 0.3) is 0 Å². The number of methoxy groups -OCH3 is 1. The quantitative estimate of drug-likeness (QED) is 0.350. The van der Waals surface area contributed by atoms with Crippen molar-refractivity contribution in [3.8, 4) is 29.4 Å². The second kappa shape index (κ2) is 7.48. The van der Waals surface area contributed by atoms with Crippen molar-refractivity contribution in [1.29, 1.82) is 0 Å². The zero-order valence-corrected chi connectivity index (χ0v) is 18.8. The van der Waals surface area contributed by atoms with E-state index in [4.69, 9.17) is 11.2 Å². The molecule has 1 saturated heterocycles. The number of hydrogen-bond acceptors (Lipinski definition) is 6. The summed E-state index contributed by atoms with van der Waals surface area (Å²) in [6, 6.07) is 5.04. The summed E-state index contributed by atoms with van der Waals surface area (Å²) >= 11 is 0. The molecule has 0 amide bonds. The Bertz CT molecular complexity index is 1610. The number of halogens is 2. The van der Waals surface area contributed by atoms with E-state index in [2.05, 4.69) is 21.3 Å². The van der Waals surface area contributed by atoms with Crippen LogP contribution >= 0.6 is 0 Å². The van der Waals surface area contributed by atoms with Crippen molar-refractivity contribution in [2.75, 3.05) is 13.7 Å². The number of phenols is 1. The summed E-state index contributed by atoms with van der Waals surface area (Å²) in [7, 11) is 2.99. The van der Waals surface area contributed by atoms with Crippen LogP contribution in [0.4, 0.5) is 8.78 Å². The van der Waals surface area contributed by atoms with Gasteiger partial charge in [0.2, 0.25) is 0 Å². The van der Waals surface area contributed by atoms with Gasteiger partial charge in [-0.15, -0.1) is 6.42 Å². The summed E-state index contributed by atoms with van der Waals surface area (Å²) in [5.74, 6) is 0.833. The average molecular weight is 474 g/mol. The lowest BCUT2D eigenvalue weighted by atomic mass is 9.95. The van der Waals surface area contributed by atoms with Gasteiger partial charge in [0.15, 0.2) is 5.82 Å². The predicted molar refractivity (Wildman–Crippen MR) is 124 cm³/mol. The molecule has 9 heteroatoms. The Morgan fingerprint density at radius 2 is 2.14 bits per heavy atom. The highest BCUT2D eigenvalue weighted by molar-refractivity contribution is 6.02. The lowest BCUT2D eigenvalue weighted by Crippen LogP contribution is -2.36. The molecule has 6 rings (SSSR count). The molecule has 4 atom stereocenters. The minimum absolute atomic E-state index is 0.0140. The number of carbonyl (C=O) groups excluding carboxylic acids is 1. The molecule has 2 aliphatic rings. The fraction of sp³-hybridized carbons (Fsp3) is 0.269. The average Bonchev–Trinajstić information content (AvgIpc) is 3.19. The molecular formula is C26H20F2N4O3. The zero-order chi connectivity index (χ0) is 24.6. The molecule has 35 heavy (non-hydrogen) atoms. The van der Waals surface area contributed by atoms with Crippen LogP contribution in [0.25, 0.3) is 32.9 Å². The monoisotopic (exact) mass is 474 g/mol. The van der Waals surface area contributed by atoms with Crippen LogP contribution in [0, 0.1) is 35.8 Å². The molecule has 7 nitrogen and oxygen atoms in total. The zero-order valence-electron chi connectivity index (χ0n) is 18.8. The summed E-state index contributed by atoms with van der Waals surface area (Å²) in [4.78, 5) is 16.5. The third kappa shape index (κ3) is 2.96. The number of phenolic OH excluding ortho intramolecular Hbond substituents is 1. The van der Waals surface area contributed by atoms with Gasteiger partial charge in [-0.25, -0.2) is 8.78 Å². The normalized spacial score (nSPS) is 22.8. The number of nitrogens with zero attached hydrogens (tertiary/aromatic N) is 3. The molecule has 1 saturated carbocycles. The van der Waals surface area contributed by atoms with Crippen LogP contribution in [0.2, 0.25) is 0 Å². The van der Waals surface area contributed by atoms with E-state index in [-0.39, 0.29) is 51.8 Å². The van der Waals surface area contributed by atoms with Gasteiger partial charge in [-0.2, -0.15) is 5.10 Å². The third-order valence-corrected chi connectivity index (χ3v) is 7.26. The highest BCUT2D eigenvalue weighted by Gasteiger charge is 2.62. The fourth-order valence-corrected chi connectivity index (χ4v) is 5.70. The Kier molecular flexibility index (Phi) is 4.60. The summed E-state index contributed by atoms with van der Waals surface area (Å²) in [6.45, 7) is 0.650. The van der Waals surface area contributed by atoms with Crippen LogP contribution in [-0.4, -0.2) is 45.5 Å². The maximum Gasteiger partial charge on any atom is 0.323 e. The van der Waals surface area contributed by atoms with Crippen LogP contribution in [0.15, 0.2) is 30.5 Å². The minimum Gasteiger partial charge on any atom is -0.508 e. The first-order valence-electron chi connectivity index (χ1n) is 11.1. The number of ether oxygens (including phenoxy) is 1. The van der Waals surface area contributed by atoms with E-state index in [1.807, 2.05) is 0 Å². The number of fused-ring (bicyclic) bond motifs is 3. The Hall–Kier alpha value is -4.03. The maximum atomic E-state index is 16.0. The van der Waals surface area contributed by atoms with Crippen molar-refractivity contribution in [2.45, 2.75) is 12.0 Å². The molecule has 2 aromatic carbocycles. The minimum atomic E-state index is -0.656. The lowest BCUT2D eigenvalue weighted by molar-refractivity contribution is -0.143. The topological polar surface area (TPSA) is 89.3 Å². The first kappa shape index (κ1) is 21.5. The van der Waals surface area contributed by atoms with Gasteiger partial charge in [0.1, 0.15) is 28.8 Å². The van der Waals surface area contributed by atoms with Crippen molar-refractivity contribution in [1.82, 2.24) is 20.1 Å². The Morgan fingerprint density at radius 1 is 1.34 bits per heavy atom. The summed E-state index contributed by atoms with van der Waals surface area (Å²) in [5.41, 5.74) is 0.999.